The van der Waals surface area contributed by atoms with Gasteiger partial charge >= 0.3 is 75.9 Å². The van der Waals surface area contributed by atoms with Crippen LogP contribution in [0.2, 0.25) is 0 Å². The first-order valence-corrected chi connectivity index (χ1v) is 0. The molecular weight excluding hydrogens is 328 g/mol. The minimum atomic E-state index is 0. The summed E-state index contributed by atoms with van der Waals surface area (Å²) < 4.78 is 0. The van der Waals surface area contributed by atoms with Crippen LogP contribution in [0, 0.1) is 0 Å². The van der Waals surface area contributed by atoms with E-state index in [4.69, 9.17) is 0 Å². The van der Waals surface area contributed by atoms with Crippen LogP contribution in [0.15, 0.2) is 0 Å². The van der Waals surface area contributed by atoms with Gasteiger partial charge in [0.15, 0.2) is 0 Å². The van der Waals surface area contributed by atoms with Crippen molar-refractivity contribution in [2.45, 2.75) is 0 Å². The number of rotatable bonds is 0. The van der Waals surface area contributed by atoms with Crippen LogP contribution in [0.3, 0.4) is 0 Å². The predicted molar refractivity (Wildman–Crippen MR) is 0.686 cm³/mol. The molecular formula is AgCdOZr+5. The van der Waals surface area contributed by atoms with Gasteiger partial charge in [-0.3, -0.25) is 0 Å². The van der Waals surface area contributed by atoms with Crippen LogP contribution in [0.4, 0.5) is 0 Å². The standard InChI is InChI=1S/Ag.Cd.O.Zr/q+1;+2;-2;+4. The molecule has 0 aliphatic rings. The Kier molecular flexibility index (Phi) is 140. The third-order valence-electron chi connectivity index (χ3n) is 0. The van der Waals surface area contributed by atoms with Gasteiger partial charge in [0.05, 0.1) is 0 Å². The minimum Gasteiger partial charge on any atom is -2.00 e. The molecule has 0 fully saturated rings. The molecule has 0 aromatic rings. The summed E-state index contributed by atoms with van der Waals surface area (Å²) in [5.41, 5.74) is 0. The molecule has 0 saturated carbocycles. The molecule has 0 aliphatic carbocycles. The van der Waals surface area contributed by atoms with Gasteiger partial charge in [0.2, 0.25) is 0 Å². The maximum atomic E-state index is 0. The fourth-order valence-electron chi connectivity index (χ4n) is 0. The molecule has 0 amide bonds. The predicted octanol–water partition coefficient (Wildman–Crippen LogP) is -0.126. The molecule has 18 valence electrons. The van der Waals surface area contributed by atoms with Crippen LogP contribution in [0.1, 0.15) is 0 Å². The average molecular weight is 328 g/mol. The van der Waals surface area contributed by atoms with Gasteiger partial charge in [0.25, 0.3) is 0 Å². The zero-order chi connectivity index (χ0) is 0. The summed E-state index contributed by atoms with van der Waals surface area (Å²) in [6.45, 7) is 0. The van der Waals surface area contributed by atoms with Crippen LogP contribution >= 0.6 is 0 Å². The largest absolute Gasteiger partial charge is 4.00 e. The molecule has 0 bridgehead atoms. The van der Waals surface area contributed by atoms with Crippen LogP contribution in [0.25, 0.3) is 0 Å². The third-order valence-corrected chi connectivity index (χ3v) is 0. The van der Waals surface area contributed by atoms with Crippen molar-refractivity contribution >= 4 is 0 Å². The van der Waals surface area contributed by atoms with Crippen molar-refractivity contribution in [1.82, 2.24) is 0 Å². The first-order chi connectivity index (χ1) is 0. The zero-order valence-corrected chi connectivity index (χ0v) is 9.89. The van der Waals surface area contributed by atoms with Crippen molar-refractivity contribution in [3.8, 4) is 0 Å². The SMILES string of the molecule is [Ag+].[Cd+2].[O-2].[Zr+4]. The van der Waals surface area contributed by atoms with Crippen LogP contribution in [-0.2, 0) is 81.4 Å². The third kappa shape index (κ3) is 8.82. The van der Waals surface area contributed by atoms with E-state index >= 15 is 0 Å². The normalized spacial score (nSPS) is 0. The molecule has 4 heavy (non-hydrogen) atoms. The maximum Gasteiger partial charge on any atom is 4.00 e. The van der Waals surface area contributed by atoms with Gasteiger partial charge in [0, 0.05) is 0 Å². The quantitative estimate of drug-likeness (QED) is 0.555. The Labute approximate surface area is 80.0 Å². The van der Waals surface area contributed by atoms with Gasteiger partial charge < -0.3 is 5.48 Å². The summed E-state index contributed by atoms with van der Waals surface area (Å²) in [5.74, 6) is 0. The second kappa shape index (κ2) is 17.8. The Balaban J connectivity index is 0. The maximum absolute atomic E-state index is 0. The second-order valence-corrected chi connectivity index (χ2v) is 0. The Bertz CT molecular complexity index is 8.00. The molecule has 0 radical (unpaired) electrons. The molecule has 0 unspecified atom stereocenters. The topological polar surface area (TPSA) is 28.5 Å². The van der Waals surface area contributed by atoms with E-state index in [0.717, 1.165) is 0 Å². The summed E-state index contributed by atoms with van der Waals surface area (Å²) >= 11 is 0. The Morgan fingerprint density at radius 2 is 1.00 bits per heavy atom. The Hall–Kier alpha value is 2.51. The molecule has 4 heteroatoms. The summed E-state index contributed by atoms with van der Waals surface area (Å²) in [7, 11) is 0. The van der Waals surface area contributed by atoms with Gasteiger partial charge in [-0.05, 0) is 0 Å². The van der Waals surface area contributed by atoms with Crippen molar-refractivity contribution in [3.05, 3.63) is 0 Å². The first kappa shape index (κ1) is 31.4. The van der Waals surface area contributed by atoms with E-state index in [2.05, 4.69) is 0 Å². The summed E-state index contributed by atoms with van der Waals surface area (Å²) in [6, 6.07) is 0. The molecule has 0 aromatic heterocycles. The van der Waals surface area contributed by atoms with E-state index in [0.29, 0.717) is 0 Å². The molecule has 0 aliphatic heterocycles. The van der Waals surface area contributed by atoms with Crippen molar-refractivity contribution < 1.29 is 81.4 Å². The van der Waals surface area contributed by atoms with Gasteiger partial charge in [-0.2, -0.15) is 0 Å². The summed E-state index contributed by atoms with van der Waals surface area (Å²) in [4.78, 5) is 0. The van der Waals surface area contributed by atoms with Crippen molar-refractivity contribution in [3.63, 3.8) is 0 Å². The molecule has 0 aromatic carbocycles. The summed E-state index contributed by atoms with van der Waals surface area (Å²) in [5, 5.41) is 0. The zero-order valence-electron chi connectivity index (χ0n) is 1.92. The van der Waals surface area contributed by atoms with Crippen LogP contribution in [-0.4, -0.2) is 0 Å². The van der Waals surface area contributed by atoms with Crippen molar-refractivity contribution in [1.29, 1.82) is 0 Å². The minimum absolute atomic E-state index is 0. The van der Waals surface area contributed by atoms with E-state index in [1.165, 1.54) is 0 Å². The Morgan fingerprint density at radius 3 is 1.00 bits per heavy atom. The van der Waals surface area contributed by atoms with Crippen LogP contribution < -0.4 is 0 Å². The van der Waals surface area contributed by atoms with E-state index in [9.17, 15) is 0 Å². The van der Waals surface area contributed by atoms with Gasteiger partial charge in [-0.15, -0.1) is 0 Å². The first-order valence-electron chi connectivity index (χ1n) is 0. The average Bonchev–Trinajstić information content (AvgIpc) is 0. The van der Waals surface area contributed by atoms with E-state index in [1.807, 2.05) is 0 Å². The van der Waals surface area contributed by atoms with Gasteiger partial charge in [-0.25, -0.2) is 0 Å². The van der Waals surface area contributed by atoms with Crippen LogP contribution in [0.5, 0.6) is 0 Å². The summed E-state index contributed by atoms with van der Waals surface area (Å²) in [6.07, 6.45) is 0. The molecule has 0 saturated heterocycles. The molecule has 0 heterocycles. The van der Waals surface area contributed by atoms with Gasteiger partial charge in [0.1, 0.15) is 0 Å². The monoisotopic (exact) mass is 327 g/mol. The Morgan fingerprint density at radius 1 is 1.00 bits per heavy atom. The molecule has 1 nitrogen and oxygen atoms in total. The van der Waals surface area contributed by atoms with Crippen molar-refractivity contribution in [2.24, 2.45) is 0 Å². The number of hydrogen-bond acceptors (Lipinski definition) is 0. The molecule has 0 atom stereocenters. The molecule has 0 N–H and O–H groups in total. The van der Waals surface area contributed by atoms with E-state index < -0.39 is 0 Å². The number of hydrogen-bond donors (Lipinski definition) is 0. The van der Waals surface area contributed by atoms with Gasteiger partial charge in [-0.1, -0.05) is 0 Å². The van der Waals surface area contributed by atoms with Crippen molar-refractivity contribution in [2.75, 3.05) is 0 Å². The van der Waals surface area contributed by atoms with E-state index in [1.54, 1.807) is 0 Å². The smallest absolute Gasteiger partial charge is 2.00 e. The second-order valence-electron chi connectivity index (χ2n) is 0. The fraction of sp³-hybridized carbons (Fsp3) is 0. The molecule has 0 spiro atoms. The van der Waals surface area contributed by atoms with E-state index in [-0.39, 0.29) is 81.4 Å². The fourth-order valence-corrected chi connectivity index (χ4v) is 0. The molecule has 0 rings (SSSR count).